The molecule has 0 amide bonds. The molecule has 0 radical (unpaired) electrons. The van der Waals surface area contributed by atoms with E-state index in [1.54, 1.807) is 0 Å². The van der Waals surface area contributed by atoms with Crippen LogP contribution in [0.15, 0.2) is 60.8 Å². The van der Waals surface area contributed by atoms with Crippen molar-refractivity contribution in [2.45, 2.75) is 302 Å². The van der Waals surface area contributed by atoms with Gasteiger partial charge in [0.1, 0.15) is 18.8 Å². The smallest absolute Gasteiger partial charge is 0.335 e. The Kier molecular flexibility index (Phi) is 47.4. The topological polar surface area (TPSA) is 175 Å². The van der Waals surface area contributed by atoms with Crippen molar-refractivity contribution in [3.05, 3.63) is 60.8 Å². The van der Waals surface area contributed by atoms with Gasteiger partial charge >= 0.3 is 23.9 Å². The number of unbranched alkanes of at least 4 members (excludes halogenated alkanes) is 27. The molecule has 6 atom stereocenters. The summed E-state index contributed by atoms with van der Waals surface area (Å²) in [7, 11) is 0. The van der Waals surface area contributed by atoms with E-state index in [4.69, 9.17) is 23.7 Å². The van der Waals surface area contributed by atoms with Crippen LogP contribution >= 0.6 is 0 Å². The number of carbonyl (C=O) groups excluding carboxylic acids is 3. The molecule has 6 unspecified atom stereocenters. The molecule has 1 saturated heterocycles. The molecule has 1 aliphatic rings. The molecule has 0 spiro atoms. The van der Waals surface area contributed by atoms with Crippen molar-refractivity contribution in [3.8, 4) is 0 Å². The van der Waals surface area contributed by atoms with Gasteiger partial charge in [0.15, 0.2) is 24.6 Å². The lowest BCUT2D eigenvalue weighted by Gasteiger charge is -2.40. The lowest BCUT2D eigenvalue weighted by atomic mass is 9.98. The van der Waals surface area contributed by atoms with E-state index >= 15 is 0 Å². The number of carboxylic acids is 1. The molecular weight excluding hydrogens is 949 g/mol. The predicted octanol–water partition coefficient (Wildman–Crippen LogP) is 15.6. The third kappa shape index (κ3) is 41.2. The lowest BCUT2D eigenvalue weighted by Crippen LogP contribution is -2.61. The summed E-state index contributed by atoms with van der Waals surface area (Å²) in [4.78, 5) is 51.1. The molecule has 1 heterocycles. The van der Waals surface area contributed by atoms with Crippen LogP contribution in [0, 0.1) is 0 Å². The number of hydrogen-bond acceptors (Lipinski definition) is 11. The number of rotatable bonds is 51. The molecule has 3 N–H and O–H groups in total. The summed E-state index contributed by atoms with van der Waals surface area (Å²) in [5, 5.41) is 31.5. The third-order valence-corrected chi connectivity index (χ3v) is 13.6. The van der Waals surface area contributed by atoms with Gasteiger partial charge in [0.25, 0.3) is 0 Å². The quantitative estimate of drug-likeness (QED) is 0.0228. The largest absolute Gasteiger partial charge is 0.479 e. The van der Waals surface area contributed by atoms with Gasteiger partial charge < -0.3 is 39.0 Å². The summed E-state index contributed by atoms with van der Waals surface area (Å²) >= 11 is 0. The Hall–Kier alpha value is -3.58. The molecule has 0 aromatic heterocycles. The Labute approximate surface area is 456 Å². The second-order valence-electron chi connectivity index (χ2n) is 20.6. The molecule has 0 saturated carbocycles. The second kappa shape index (κ2) is 51.2. The summed E-state index contributed by atoms with van der Waals surface area (Å²) in [6.07, 6.45) is 50.5. The first-order valence-corrected chi connectivity index (χ1v) is 30.3. The summed E-state index contributed by atoms with van der Waals surface area (Å²) < 4.78 is 28.4. The maximum Gasteiger partial charge on any atom is 0.335 e. The van der Waals surface area contributed by atoms with Gasteiger partial charge in [0.2, 0.25) is 0 Å². The van der Waals surface area contributed by atoms with Crippen LogP contribution in [0.3, 0.4) is 0 Å². The first-order valence-electron chi connectivity index (χ1n) is 30.3. The van der Waals surface area contributed by atoms with E-state index < -0.39 is 67.3 Å². The van der Waals surface area contributed by atoms with E-state index in [9.17, 15) is 34.5 Å². The van der Waals surface area contributed by atoms with E-state index in [-0.39, 0.29) is 25.9 Å². The molecule has 0 aromatic carbocycles. The van der Waals surface area contributed by atoms with Crippen molar-refractivity contribution >= 4 is 23.9 Å². The standard InChI is InChI=1S/C63H108O12/c1-4-7-10-13-16-19-22-24-26-27-28-29-31-32-35-37-40-43-46-49-55(64)71-52-54(73-56(65)50-47-44-41-38-34-21-18-15-12-9-6-3)53-72-63-61(59(68)58(67)60(75-63)62(69)70)74-57(66)51-48-45-42-39-36-33-30-25-23-20-17-14-11-8-5-2/h8,11,16-17,19-20,24-26,30,54,58-61,63,67-68H,4-7,9-10,12-15,18,21-23,27-29,31-53H2,1-3H3,(H,69,70)/b11-8-,19-16-,20-17-,26-24-,30-25-. The number of carbonyl (C=O) groups is 4. The van der Waals surface area contributed by atoms with Crippen LogP contribution in [0.4, 0.5) is 0 Å². The minimum Gasteiger partial charge on any atom is -0.479 e. The van der Waals surface area contributed by atoms with Crippen molar-refractivity contribution in [2.75, 3.05) is 13.2 Å². The van der Waals surface area contributed by atoms with Crippen molar-refractivity contribution in [3.63, 3.8) is 0 Å². The zero-order valence-electron chi connectivity index (χ0n) is 47.5. The van der Waals surface area contributed by atoms with Crippen LogP contribution in [0.1, 0.15) is 265 Å². The van der Waals surface area contributed by atoms with Crippen LogP contribution in [-0.4, -0.2) is 89.2 Å². The van der Waals surface area contributed by atoms with Gasteiger partial charge in [-0.05, 0) is 83.5 Å². The third-order valence-electron chi connectivity index (χ3n) is 13.6. The molecule has 0 aromatic rings. The highest BCUT2D eigenvalue weighted by atomic mass is 16.7. The van der Waals surface area contributed by atoms with E-state index in [2.05, 4.69) is 81.5 Å². The lowest BCUT2D eigenvalue weighted by molar-refractivity contribution is -0.301. The SMILES string of the molecule is CC/C=C\C/C=C\C/C=C\CCCCCCCC(=O)OC1C(OCC(COC(=O)CCCCCCCCCCC/C=C\C/C=C\CCCCC)OC(=O)CCCCCCCCCCCCC)OC(C(=O)O)C(O)C1O. The molecule has 12 heteroatoms. The molecule has 1 rings (SSSR count). The van der Waals surface area contributed by atoms with Crippen molar-refractivity contribution < 1.29 is 58.2 Å². The highest BCUT2D eigenvalue weighted by Gasteiger charge is 2.50. The first kappa shape index (κ1) is 69.4. The number of aliphatic hydroxyl groups excluding tert-OH is 2. The Morgan fingerprint density at radius 2 is 0.840 bits per heavy atom. The Morgan fingerprint density at radius 3 is 1.31 bits per heavy atom. The fourth-order valence-corrected chi connectivity index (χ4v) is 8.94. The van der Waals surface area contributed by atoms with Gasteiger partial charge in [0.05, 0.1) is 6.61 Å². The van der Waals surface area contributed by atoms with Gasteiger partial charge in [-0.2, -0.15) is 0 Å². The maximum atomic E-state index is 13.1. The van der Waals surface area contributed by atoms with Crippen LogP contribution in [0.5, 0.6) is 0 Å². The summed E-state index contributed by atoms with van der Waals surface area (Å²) in [5.41, 5.74) is 0. The molecule has 75 heavy (non-hydrogen) atoms. The van der Waals surface area contributed by atoms with Crippen LogP contribution in [0.2, 0.25) is 0 Å². The zero-order valence-corrected chi connectivity index (χ0v) is 47.5. The fourth-order valence-electron chi connectivity index (χ4n) is 8.94. The molecular formula is C63H108O12. The Morgan fingerprint density at radius 1 is 0.453 bits per heavy atom. The molecule has 1 aliphatic heterocycles. The first-order chi connectivity index (χ1) is 36.6. The molecule has 0 aliphatic carbocycles. The fraction of sp³-hybridized carbons (Fsp3) is 0.778. The molecule has 1 fully saturated rings. The van der Waals surface area contributed by atoms with Crippen molar-refractivity contribution in [1.29, 1.82) is 0 Å². The minimum atomic E-state index is -1.91. The van der Waals surface area contributed by atoms with Gasteiger partial charge in [0, 0.05) is 19.3 Å². The van der Waals surface area contributed by atoms with Crippen molar-refractivity contribution in [2.24, 2.45) is 0 Å². The highest BCUT2D eigenvalue weighted by molar-refractivity contribution is 5.74. The van der Waals surface area contributed by atoms with E-state index in [1.165, 1.54) is 103 Å². The minimum absolute atomic E-state index is 0.0412. The number of carboxylic acid groups (broad SMARTS) is 1. The molecule has 432 valence electrons. The maximum absolute atomic E-state index is 13.1. The normalized spacial score (nSPS) is 18.5. The number of allylic oxidation sites excluding steroid dienone is 10. The average molecular weight is 1060 g/mol. The molecule has 12 nitrogen and oxygen atoms in total. The monoisotopic (exact) mass is 1060 g/mol. The number of aliphatic hydroxyl groups is 2. The number of hydrogen-bond donors (Lipinski definition) is 3. The van der Waals surface area contributed by atoms with Gasteiger partial charge in [-0.1, -0.05) is 223 Å². The number of aliphatic carboxylic acids is 1. The van der Waals surface area contributed by atoms with Gasteiger partial charge in [-0.15, -0.1) is 0 Å². The van der Waals surface area contributed by atoms with E-state index in [0.29, 0.717) is 19.3 Å². The summed E-state index contributed by atoms with van der Waals surface area (Å²) in [5.74, 6) is -3.13. The van der Waals surface area contributed by atoms with Gasteiger partial charge in [-0.25, -0.2) is 4.79 Å². The van der Waals surface area contributed by atoms with Crippen LogP contribution in [0.25, 0.3) is 0 Å². The van der Waals surface area contributed by atoms with Crippen LogP contribution in [-0.2, 0) is 42.9 Å². The highest BCUT2D eigenvalue weighted by Crippen LogP contribution is 2.26. The zero-order chi connectivity index (χ0) is 54.7. The van der Waals surface area contributed by atoms with Gasteiger partial charge in [-0.3, -0.25) is 14.4 Å². The van der Waals surface area contributed by atoms with E-state index in [0.717, 1.165) is 103 Å². The molecule has 0 bridgehead atoms. The van der Waals surface area contributed by atoms with Crippen molar-refractivity contribution in [1.82, 2.24) is 0 Å². The van der Waals surface area contributed by atoms with E-state index in [1.807, 2.05) is 0 Å². The summed E-state index contributed by atoms with van der Waals surface area (Å²) in [6, 6.07) is 0. The summed E-state index contributed by atoms with van der Waals surface area (Å²) in [6.45, 7) is 5.85. The number of esters is 3. The predicted molar refractivity (Wildman–Crippen MR) is 303 cm³/mol. The average Bonchev–Trinajstić information content (AvgIpc) is 3.39. The second-order valence-corrected chi connectivity index (χ2v) is 20.6. The Bertz CT molecular complexity index is 1540. The Balaban J connectivity index is 2.65. The number of ether oxygens (including phenoxy) is 5. The van der Waals surface area contributed by atoms with Crippen LogP contribution < -0.4 is 0 Å².